The Labute approximate surface area is 171 Å². The predicted molar refractivity (Wildman–Crippen MR) is 111 cm³/mol. The summed E-state index contributed by atoms with van der Waals surface area (Å²) in [5.41, 5.74) is 1.66. The van der Waals surface area contributed by atoms with Crippen molar-refractivity contribution >= 4 is 5.91 Å². The highest BCUT2D eigenvalue weighted by atomic mass is 19.1. The third-order valence-electron chi connectivity index (χ3n) is 4.96. The molecule has 1 heterocycles. The first-order valence-corrected chi connectivity index (χ1v) is 9.78. The van der Waals surface area contributed by atoms with Crippen molar-refractivity contribution in [2.45, 2.75) is 13.0 Å². The number of benzene rings is 2. The molecule has 1 amide bonds. The number of hydrogen-bond acceptors (Lipinski definition) is 4. The molecule has 29 heavy (non-hydrogen) atoms. The molecule has 3 rings (SSSR count). The maximum atomic E-state index is 13.1. The quantitative estimate of drug-likeness (QED) is 0.667. The summed E-state index contributed by atoms with van der Waals surface area (Å²) in [5, 5.41) is 0. The molecule has 0 unspecified atom stereocenters. The molecule has 5 nitrogen and oxygen atoms in total. The monoisotopic (exact) mass is 398 g/mol. The van der Waals surface area contributed by atoms with Crippen molar-refractivity contribution in [2.75, 3.05) is 39.9 Å². The smallest absolute Gasteiger partial charge is 0.254 e. The van der Waals surface area contributed by atoms with E-state index in [0.29, 0.717) is 36.8 Å². The maximum Gasteiger partial charge on any atom is 0.254 e. The summed E-state index contributed by atoms with van der Waals surface area (Å²) in [6.45, 7) is 7.80. The van der Waals surface area contributed by atoms with Crippen molar-refractivity contribution in [1.29, 1.82) is 0 Å². The van der Waals surface area contributed by atoms with Gasteiger partial charge in [0.2, 0.25) is 0 Å². The van der Waals surface area contributed by atoms with Gasteiger partial charge >= 0.3 is 0 Å². The van der Waals surface area contributed by atoms with Gasteiger partial charge < -0.3 is 14.4 Å². The number of amides is 1. The molecule has 2 aromatic rings. The Morgan fingerprint density at radius 3 is 2.62 bits per heavy atom. The summed E-state index contributed by atoms with van der Waals surface area (Å²) >= 11 is 0. The molecule has 0 aliphatic carbocycles. The van der Waals surface area contributed by atoms with Crippen molar-refractivity contribution in [1.82, 2.24) is 9.80 Å². The molecule has 0 atom stereocenters. The van der Waals surface area contributed by atoms with Crippen LogP contribution in [0.5, 0.6) is 11.5 Å². The second kappa shape index (κ2) is 10.1. The number of hydrogen-bond donors (Lipinski definition) is 0. The summed E-state index contributed by atoms with van der Waals surface area (Å²) in [6, 6.07) is 11.8. The number of nitrogens with zero attached hydrogens (tertiary/aromatic N) is 2. The normalized spacial score (nSPS) is 14.9. The Morgan fingerprint density at radius 1 is 1.10 bits per heavy atom. The molecule has 0 spiro atoms. The second-order valence-corrected chi connectivity index (χ2v) is 7.01. The van der Waals surface area contributed by atoms with Crippen LogP contribution in [0.25, 0.3) is 0 Å². The lowest BCUT2D eigenvalue weighted by molar-refractivity contribution is 0.0760. The predicted octanol–water partition coefficient (Wildman–Crippen LogP) is 3.75. The van der Waals surface area contributed by atoms with Gasteiger partial charge in [-0.1, -0.05) is 24.8 Å². The van der Waals surface area contributed by atoms with E-state index in [1.54, 1.807) is 31.4 Å². The summed E-state index contributed by atoms with van der Waals surface area (Å²) in [6.07, 6.45) is 2.55. The van der Waals surface area contributed by atoms with E-state index in [9.17, 15) is 9.18 Å². The highest BCUT2D eigenvalue weighted by molar-refractivity contribution is 5.95. The highest BCUT2D eigenvalue weighted by Gasteiger charge is 2.21. The molecule has 0 N–H and O–H groups in total. The fourth-order valence-corrected chi connectivity index (χ4v) is 3.43. The van der Waals surface area contributed by atoms with E-state index in [4.69, 9.17) is 9.47 Å². The molecule has 6 heteroatoms. The van der Waals surface area contributed by atoms with Crippen LogP contribution in [0.3, 0.4) is 0 Å². The van der Waals surface area contributed by atoms with E-state index < -0.39 is 0 Å². The minimum absolute atomic E-state index is 0.0118. The molecule has 0 aromatic heterocycles. The van der Waals surface area contributed by atoms with Gasteiger partial charge in [0.1, 0.15) is 12.4 Å². The SMILES string of the molecule is C=CCOc1ccc(C(=O)N2CCCN(Cc3ccc(F)cc3)CC2)cc1OC. The molecular formula is C23H27FN2O3. The largest absolute Gasteiger partial charge is 0.493 e. The first-order valence-electron chi connectivity index (χ1n) is 9.78. The topological polar surface area (TPSA) is 42.0 Å². The van der Waals surface area contributed by atoms with Crippen molar-refractivity contribution in [2.24, 2.45) is 0 Å². The Balaban J connectivity index is 1.62. The summed E-state index contributed by atoms with van der Waals surface area (Å²) in [5.74, 6) is 0.885. The van der Waals surface area contributed by atoms with Crippen molar-refractivity contribution < 1.29 is 18.7 Å². The van der Waals surface area contributed by atoms with Crippen LogP contribution in [0.4, 0.5) is 4.39 Å². The second-order valence-electron chi connectivity index (χ2n) is 7.01. The van der Waals surface area contributed by atoms with Gasteiger partial charge in [-0.3, -0.25) is 9.69 Å². The molecular weight excluding hydrogens is 371 g/mol. The first kappa shape index (κ1) is 20.9. The molecule has 0 radical (unpaired) electrons. The summed E-state index contributed by atoms with van der Waals surface area (Å²) in [7, 11) is 1.56. The maximum absolute atomic E-state index is 13.1. The molecule has 1 fully saturated rings. The van der Waals surface area contributed by atoms with Crippen LogP contribution in [0, 0.1) is 5.82 Å². The van der Waals surface area contributed by atoms with Gasteiger partial charge in [0, 0.05) is 38.3 Å². The molecule has 1 saturated heterocycles. The molecule has 0 saturated carbocycles. The molecule has 2 aromatic carbocycles. The fourth-order valence-electron chi connectivity index (χ4n) is 3.43. The molecule has 154 valence electrons. The number of carbonyl (C=O) groups excluding carboxylic acids is 1. The zero-order valence-corrected chi connectivity index (χ0v) is 16.8. The van der Waals surface area contributed by atoms with Gasteiger partial charge in [-0.05, 0) is 42.3 Å². The van der Waals surface area contributed by atoms with Gasteiger partial charge in [0.15, 0.2) is 11.5 Å². The minimum atomic E-state index is -0.224. The lowest BCUT2D eigenvalue weighted by Crippen LogP contribution is -2.35. The van der Waals surface area contributed by atoms with E-state index in [0.717, 1.165) is 31.6 Å². The number of carbonyl (C=O) groups is 1. The third kappa shape index (κ3) is 5.57. The van der Waals surface area contributed by atoms with Crippen LogP contribution in [0.1, 0.15) is 22.3 Å². The van der Waals surface area contributed by atoms with Crippen LogP contribution in [-0.4, -0.2) is 55.6 Å². The van der Waals surface area contributed by atoms with E-state index in [1.807, 2.05) is 17.0 Å². The number of ether oxygens (including phenoxy) is 2. The molecule has 1 aliphatic rings. The Hall–Kier alpha value is -2.86. The van der Waals surface area contributed by atoms with Crippen LogP contribution < -0.4 is 9.47 Å². The zero-order chi connectivity index (χ0) is 20.6. The molecule has 1 aliphatic heterocycles. The summed E-state index contributed by atoms with van der Waals surface area (Å²) < 4.78 is 24.0. The molecule has 0 bridgehead atoms. The van der Waals surface area contributed by atoms with Crippen LogP contribution >= 0.6 is 0 Å². The van der Waals surface area contributed by atoms with Crippen LogP contribution in [0.2, 0.25) is 0 Å². The highest BCUT2D eigenvalue weighted by Crippen LogP contribution is 2.28. The van der Waals surface area contributed by atoms with E-state index in [2.05, 4.69) is 11.5 Å². The number of halogens is 1. The standard InChI is InChI=1S/C23H27FN2O3/c1-3-15-29-21-10-7-19(16-22(21)28-2)23(27)26-12-4-11-25(13-14-26)17-18-5-8-20(24)9-6-18/h3,5-10,16H,1,4,11-15,17H2,2H3. The van der Waals surface area contributed by atoms with Gasteiger partial charge in [0.25, 0.3) is 5.91 Å². The first-order chi connectivity index (χ1) is 14.1. The van der Waals surface area contributed by atoms with Crippen molar-refractivity contribution in [3.8, 4) is 11.5 Å². The van der Waals surface area contributed by atoms with Gasteiger partial charge in [-0.15, -0.1) is 0 Å². The van der Waals surface area contributed by atoms with Gasteiger partial charge in [-0.25, -0.2) is 4.39 Å². The number of rotatable bonds is 7. The van der Waals surface area contributed by atoms with Crippen LogP contribution in [-0.2, 0) is 6.54 Å². The fraction of sp³-hybridized carbons (Fsp3) is 0.348. The lowest BCUT2D eigenvalue weighted by atomic mass is 10.1. The third-order valence-corrected chi connectivity index (χ3v) is 4.96. The van der Waals surface area contributed by atoms with Crippen molar-refractivity contribution in [3.63, 3.8) is 0 Å². The minimum Gasteiger partial charge on any atom is -0.493 e. The average Bonchev–Trinajstić information content (AvgIpc) is 2.99. The van der Waals surface area contributed by atoms with E-state index in [1.165, 1.54) is 12.1 Å². The Kier molecular flexibility index (Phi) is 7.25. The van der Waals surface area contributed by atoms with Crippen molar-refractivity contribution in [3.05, 3.63) is 72.1 Å². The zero-order valence-electron chi connectivity index (χ0n) is 16.8. The van der Waals surface area contributed by atoms with E-state index >= 15 is 0 Å². The number of methoxy groups -OCH3 is 1. The Morgan fingerprint density at radius 2 is 1.90 bits per heavy atom. The Bertz CT molecular complexity index is 839. The average molecular weight is 398 g/mol. The summed E-state index contributed by atoms with van der Waals surface area (Å²) in [4.78, 5) is 17.2. The van der Waals surface area contributed by atoms with E-state index in [-0.39, 0.29) is 11.7 Å². The van der Waals surface area contributed by atoms with Crippen LogP contribution in [0.15, 0.2) is 55.1 Å². The van der Waals surface area contributed by atoms with Gasteiger partial charge in [-0.2, -0.15) is 0 Å². The lowest BCUT2D eigenvalue weighted by Gasteiger charge is -2.22. The van der Waals surface area contributed by atoms with Gasteiger partial charge in [0.05, 0.1) is 7.11 Å².